The van der Waals surface area contributed by atoms with Crippen LogP contribution in [0.5, 0.6) is 0 Å². The first-order valence-corrected chi connectivity index (χ1v) is 8.35. The summed E-state index contributed by atoms with van der Waals surface area (Å²) in [7, 11) is 0. The molecule has 0 aromatic rings. The summed E-state index contributed by atoms with van der Waals surface area (Å²) in [5.74, 6) is 3.16. The van der Waals surface area contributed by atoms with Gasteiger partial charge in [-0.25, -0.2) is 0 Å². The Hall–Kier alpha value is -0.0800. The van der Waals surface area contributed by atoms with Crippen molar-refractivity contribution in [2.24, 2.45) is 17.8 Å². The molecule has 0 amide bonds. The van der Waals surface area contributed by atoms with E-state index in [2.05, 4.69) is 10.2 Å². The summed E-state index contributed by atoms with van der Waals surface area (Å²) >= 11 is 0. The molecule has 104 valence electrons. The van der Waals surface area contributed by atoms with E-state index in [4.69, 9.17) is 0 Å². The van der Waals surface area contributed by atoms with Crippen molar-refractivity contribution in [3.63, 3.8) is 0 Å². The van der Waals surface area contributed by atoms with E-state index in [9.17, 15) is 0 Å². The summed E-state index contributed by atoms with van der Waals surface area (Å²) < 4.78 is 0. The molecule has 2 heterocycles. The molecule has 2 atom stereocenters. The van der Waals surface area contributed by atoms with Crippen LogP contribution in [-0.4, -0.2) is 37.6 Å². The summed E-state index contributed by atoms with van der Waals surface area (Å²) in [4.78, 5) is 2.79. The van der Waals surface area contributed by atoms with Crippen LogP contribution in [0.4, 0.5) is 0 Å². The first kappa shape index (κ1) is 12.9. The molecule has 3 fully saturated rings. The Bertz CT molecular complexity index is 247. The average molecular weight is 250 g/mol. The monoisotopic (exact) mass is 250 g/mol. The van der Waals surface area contributed by atoms with E-state index in [0.717, 1.165) is 17.8 Å². The molecule has 0 spiro atoms. The Morgan fingerprint density at radius 2 is 1.67 bits per heavy atom. The van der Waals surface area contributed by atoms with E-state index in [1.165, 1.54) is 84.1 Å². The summed E-state index contributed by atoms with van der Waals surface area (Å²) in [5, 5.41) is 3.48. The predicted octanol–water partition coefficient (Wildman–Crippen LogP) is 2.89. The molecule has 3 rings (SSSR count). The lowest BCUT2D eigenvalue weighted by Gasteiger charge is -2.41. The largest absolute Gasteiger partial charge is 0.317 e. The summed E-state index contributed by atoms with van der Waals surface area (Å²) in [5.41, 5.74) is 0. The van der Waals surface area contributed by atoms with Crippen molar-refractivity contribution in [1.29, 1.82) is 0 Å². The van der Waals surface area contributed by atoms with Crippen molar-refractivity contribution < 1.29 is 0 Å². The van der Waals surface area contributed by atoms with Crippen LogP contribution >= 0.6 is 0 Å². The second kappa shape index (κ2) is 6.38. The lowest BCUT2D eigenvalue weighted by molar-refractivity contribution is 0.0814. The van der Waals surface area contributed by atoms with Gasteiger partial charge in [-0.1, -0.05) is 19.3 Å². The first-order valence-electron chi connectivity index (χ1n) is 8.35. The quantitative estimate of drug-likeness (QED) is 0.828. The normalized spacial score (nSPS) is 35.3. The molecule has 0 unspecified atom stereocenters. The molecule has 2 saturated heterocycles. The molecule has 2 heteroatoms. The van der Waals surface area contributed by atoms with Crippen LogP contribution in [0.25, 0.3) is 0 Å². The number of rotatable bonds is 3. The smallest absolute Gasteiger partial charge is 0.00123 e. The predicted molar refractivity (Wildman–Crippen MR) is 76.7 cm³/mol. The van der Waals surface area contributed by atoms with Crippen LogP contribution in [0.3, 0.4) is 0 Å². The average Bonchev–Trinajstić information content (AvgIpc) is 2.46. The Morgan fingerprint density at radius 3 is 2.50 bits per heavy atom. The van der Waals surface area contributed by atoms with Gasteiger partial charge in [-0.2, -0.15) is 0 Å². The van der Waals surface area contributed by atoms with Crippen LogP contribution in [0, 0.1) is 17.8 Å². The molecule has 0 aromatic heterocycles. The minimum absolute atomic E-state index is 1.01. The molecule has 2 aliphatic heterocycles. The maximum Gasteiger partial charge on any atom is 0.00123 e. The molecule has 0 radical (unpaired) electrons. The van der Waals surface area contributed by atoms with E-state index >= 15 is 0 Å². The topological polar surface area (TPSA) is 15.3 Å². The highest BCUT2D eigenvalue weighted by molar-refractivity contribution is 4.84. The zero-order chi connectivity index (χ0) is 12.2. The summed E-state index contributed by atoms with van der Waals surface area (Å²) in [6.07, 6.45) is 11.9. The number of hydrogen-bond donors (Lipinski definition) is 1. The summed E-state index contributed by atoms with van der Waals surface area (Å²) in [6, 6.07) is 0. The molecular weight excluding hydrogens is 220 g/mol. The second-order valence-electron chi connectivity index (χ2n) is 6.88. The number of fused-ring (bicyclic) bond motifs is 1. The van der Waals surface area contributed by atoms with Gasteiger partial charge in [-0.05, 0) is 76.0 Å². The zero-order valence-corrected chi connectivity index (χ0v) is 11.9. The third kappa shape index (κ3) is 3.27. The van der Waals surface area contributed by atoms with Gasteiger partial charge < -0.3 is 10.2 Å². The maximum atomic E-state index is 3.48. The Kier molecular flexibility index (Phi) is 4.58. The van der Waals surface area contributed by atoms with Crippen LogP contribution in [0.1, 0.15) is 51.4 Å². The number of hydrogen-bond acceptors (Lipinski definition) is 2. The van der Waals surface area contributed by atoms with Gasteiger partial charge in [0.1, 0.15) is 0 Å². The zero-order valence-electron chi connectivity index (χ0n) is 11.9. The lowest BCUT2D eigenvalue weighted by Crippen LogP contribution is -2.42. The molecule has 2 nitrogen and oxygen atoms in total. The summed E-state index contributed by atoms with van der Waals surface area (Å²) in [6.45, 7) is 6.72. The maximum absolute atomic E-state index is 3.48. The van der Waals surface area contributed by atoms with Crippen molar-refractivity contribution in [2.75, 3.05) is 32.7 Å². The van der Waals surface area contributed by atoms with Gasteiger partial charge in [0.15, 0.2) is 0 Å². The number of likely N-dealkylation sites (tertiary alicyclic amines) is 1. The van der Waals surface area contributed by atoms with Gasteiger partial charge in [0.05, 0.1) is 0 Å². The van der Waals surface area contributed by atoms with Crippen molar-refractivity contribution in [3.8, 4) is 0 Å². The highest BCUT2D eigenvalue weighted by Gasteiger charge is 2.30. The third-order valence-electron chi connectivity index (χ3n) is 5.69. The van der Waals surface area contributed by atoms with Gasteiger partial charge in [-0.15, -0.1) is 0 Å². The van der Waals surface area contributed by atoms with Gasteiger partial charge in [-0.3, -0.25) is 0 Å². The van der Waals surface area contributed by atoms with Crippen molar-refractivity contribution in [3.05, 3.63) is 0 Å². The van der Waals surface area contributed by atoms with Crippen LogP contribution < -0.4 is 5.32 Å². The molecule has 0 bridgehead atoms. The number of nitrogens with zero attached hydrogens (tertiary/aromatic N) is 1. The van der Waals surface area contributed by atoms with E-state index in [1.54, 1.807) is 0 Å². The molecular formula is C16H30N2. The molecule has 3 aliphatic rings. The minimum atomic E-state index is 1.01. The highest BCUT2D eigenvalue weighted by atomic mass is 15.1. The van der Waals surface area contributed by atoms with Crippen LogP contribution in [0.15, 0.2) is 0 Å². The van der Waals surface area contributed by atoms with Gasteiger partial charge in [0.25, 0.3) is 0 Å². The Morgan fingerprint density at radius 1 is 0.889 bits per heavy atom. The van der Waals surface area contributed by atoms with Crippen LogP contribution in [0.2, 0.25) is 0 Å². The molecule has 18 heavy (non-hydrogen) atoms. The molecule has 1 N–H and O–H groups in total. The van der Waals surface area contributed by atoms with Crippen molar-refractivity contribution in [2.45, 2.75) is 51.4 Å². The van der Waals surface area contributed by atoms with Crippen molar-refractivity contribution >= 4 is 0 Å². The molecule has 0 aromatic carbocycles. The Labute approximate surface area is 113 Å². The Balaban J connectivity index is 1.40. The fourth-order valence-electron chi connectivity index (χ4n) is 4.41. The standard InChI is InChI=1S/C16H30N2/c1-2-4-16-13-18(12-8-15(16)3-1)11-7-14-5-9-17-10-6-14/h14-17H,1-13H2/t15-,16-/m1/s1. The third-order valence-corrected chi connectivity index (χ3v) is 5.69. The van der Waals surface area contributed by atoms with Gasteiger partial charge >= 0.3 is 0 Å². The van der Waals surface area contributed by atoms with E-state index in [0.29, 0.717) is 0 Å². The molecule has 1 saturated carbocycles. The van der Waals surface area contributed by atoms with E-state index < -0.39 is 0 Å². The van der Waals surface area contributed by atoms with Gasteiger partial charge in [0.2, 0.25) is 0 Å². The fourth-order valence-corrected chi connectivity index (χ4v) is 4.41. The number of nitrogens with one attached hydrogen (secondary N) is 1. The van der Waals surface area contributed by atoms with Crippen molar-refractivity contribution in [1.82, 2.24) is 10.2 Å². The lowest BCUT2D eigenvalue weighted by atomic mass is 9.75. The number of piperidine rings is 2. The minimum Gasteiger partial charge on any atom is -0.317 e. The van der Waals surface area contributed by atoms with E-state index in [-0.39, 0.29) is 0 Å². The van der Waals surface area contributed by atoms with Crippen LogP contribution in [-0.2, 0) is 0 Å². The highest BCUT2D eigenvalue weighted by Crippen LogP contribution is 2.36. The first-order chi connectivity index (χ1) is 8.92. The second-order valence-corrected chi connectivity index (χ2v) is 6.88. The van der Waals surface area contributed by atoms with E-state index in [1.807, 2.05) is 0 Å². The molecule has 1 aliphatic carbocycles. The SMILES string of the molecule is C1CC[C@@H]2CN(CCC3CCNCC3)CC[C@H]2C1. The fraction of sp³-hybridized carbons (Fsp3) is 1.00. The van der Waals surface area contributed by atoms with Gasteiger partial charge in [0, 0.05) is 6.54 Å².